The summed E-state index contributed by atoms with van der Waals surface area (Å²) in [5.41, 5.74) is 0.669. The molecule has 1 aromatic carbocycles. The quantitative estimate of drug-likeness (QED) is 0.709. The first-order chi connectivity index (χ1) is 13.0. The minimum absolute atomic E-state index is 0.0339. The second-order valence-electron chi connectivity index (χ2n) is 6.88. The number of hydrogen-bond donors (Lipinski definition) is 0. The molecule has 1 aliphatic rings. The molecule has 0 radical (unpaired) electrons. The number of aromatic nitrogens is 4. The zero-order chi connectivity index (χ0) is 19.0. The Kier molecular flexibility index (Phi) is 4.47. The van der Waals surface area contributed by atoms with Gasteiger partial charge in [-0.3, -0.25) is 14.2 Å². The number of hydrogen-bond acceptors (Lipinski definition) is 4. The highest BCUT2D eigenvalue weighted by Crippen LogP contribution is 2.17. The SMILES string of the molecule is C[C@H]1CCCCN1C(=O)Cn1cnc2c(cnn2-c2ccc(F)cc2)c1=O. The Morgan fingerprint density at radius 2 is 2.04 bits per heavy atom. The van der Waals surface area contributed by atoms with Gasteiger partial charge in [0.1, 0.15) is 24.1 Å². The normalized spacial score (nSPS) is 17.4. The molecule has 0 unspecified atom stereocenters. The third-order valence-electron chi connectivity index (χ3n) is 5.05. The number of likely N-dealkylation sites (tertiary alicyclic amines) is 1. The fourth-order valence-corrected chi connectivity index (χ4v) is 3.54. The molecular weight excluding hydrogens is 349 g/mol. The standard InChI is InChI=1S/C19H20FN5O2/c1-13-4-2-3-9-24(13)17(26)11-23-12-21-18-16(19(23)27)10-22-25(18)15-7-5-14(20)6-8-15/h5-8,10,12-13H,2-4,9,11H2,1H3/t13-/m0/s1. The van der Waals surface area contributed by atoms with Gasteiger partial charge in [0, 0.05) is 12.6 Å². The van der Waals surface area contributed by atoms with Crippen LogP contribution in [-0.2, 0) is 11.3 Å². The molecule has 0 saturated carbocycles. The van der Waals surface area contributed by atoms with E-state index in [0.717, 1.165) is 25.8 Å². The lowest BCUT2D eigenvalue weighted by molar-refractivity contribution is -0.135. The first-order valence-corrected chi connectivity index (χ1v) is 9.03. The number of amides is 1. The molecule has 7 nitrogen and oxygen atoms in total. The Morgan fingerprint density at radius 1 is 1.26 bits per heavy atom. The Morgan fingerprint density at radius 3 is 2.78 bits per heavy atom. The van der Waals surface area contributed by atoms with E-state index in [4.69, 9.17) is 0 Å². The summed E-state index contributed by atoms with van der Waals surface area (Å²) in [6.07, 6.45) is 5.91. The highest BCUT2D eigenvalue weighted by Gasteiger charge is 2.24. The third-order valence-corrected chi connectivity index (χ3v) is 5.05. The van der Waals surface area contributed by atoms with Gasteiger partial charge >= 0.3 is 0 Å². The van der Waals surface area contributed by atoms with Gasteiger partial charge in [0.15, 0.2) is 5.65 Å². The second kappa shape index (κ2) is 6.94. The van der Waals surface area contributed by atoms with Crippen molar-refractivity contribution in [2.45, 2.75) is 38.8 Å². The summed E-state index contributed by atoms with van der Waals surface area (Å²) in [5, 5.41) is 4.52. The predicted molar refractivity (Wildman–Crippen MR) is 98.1 cm³/mol. The summed E-state index contributed by atoms with van der Waals surface area (Å²) in [5.74, 6) is -0.424. The van der Waals surface area contributed by atoms with Crippen LogP contribution in [0.5, 0.6) is 0 Å². The molecule has 0 N–H and O–H groups in total. The topological polar surface area (TPSA) is 73.0 Å². The number of fused-ring (bicyclic) bond motifs is 1. The number of halogens is 1. The number of piperidine rings is 1. The molecule has 1 saturated heterocycles. The molecule has 140 valence electrons. The minimum atomic E-state index is -0.351. The molecule has 0 spiro atoms. The van der Waals surface area contributed by atoms with Crippen LogP contribution in [0.3, 0.4) is 0 Å². The molecule has 3 aromatic rings. The molecule has 1 amide bonds. The molecule has 8 heteroatoms. The molecular formula is C19H20FN5O2. The van der Waals surface area contributed by atoms with E-state index in [-0.39, 0.29) is 29.9 Å². The van der Waals surface area contributed by atoms with Crippen LogP contribution in [0.15, 0.2) is 41.6 Å². The Balaban J connectivity index is 1.64. The van der Waals surface area contributed by atoms with E-state index in [1.807, 2.05) is 11.8 Å². The molecule has 1 aliphatic heterocycles. The molecule has 27 heavy (non-hydrogen) atoms. The van der Waals surface area contributed by atoms with Crippen LogP contribution in [0, 0.1) is 5.82 Å². The summed E-state index contributed by atoms with van der Waals surface area (Å²) in [7, 11) is 0. The Labute approximate surface area is 155 Å². The summed E-state index contributed by atoms with van der Waals surface area (Å²) in [4.78, 5) is 31.5. The van der Waals surface area contributed by atoms with E-state index in [1.165, 1.54) is 33.9 Å². The summed E-state index contributed by atoms with van der Waals surface area (Å²) in [6.45, 7) is 2.73. The lowest BCUT2D eigenvalue weighted by Crippen LogP contribution is -2.44. The average Bonchev–Trinajstić information content (AvgIpc) is 3.10. The van der Waals surface area contributed by atoms with Crippen molar-refractivity contribution in [3.05, 3.63) is 53.0 Å². The second-order valence-corrected chi connectivity index (χ2v) is 6.88. The van der Waals surface area contributed by atoms with Crippen LogP contribution >= 0.6 is 0 Å². The van der Waals surface area contributed by atoms with Gasteiger partial charge in [-0.25, -0.2) is 14.1 Å². The molecule has 4 rings (SSSR count). The van der Waals surface area contributed by atoms with Gasteiger partial charge in [0.05, 0.1) is 11.9 Å². The lowest BCUT2D eigenvalue weighted by atomic mass is 10.0. The van der Waals surface area contributed by atoms with Gasteiger partial charge in [-0.05, 0) is 50.5 Å². The molecule has 0 bridgehead atoms. The van der Waals surface area contributed by atoms with Gasteiger partial charge in [-0.2, -0.15) is 5.10 Å². The van der Waals surface area contributed by atoms with E-state index < -0.39 is 0 Å². The zero-order valence-corrected chi connectivity index (χ0v) is 15.0. The predicted octanol–water partition coefficient (Wildman–Crippen LogP) is 2.12. The van der Waals surface area contributed by atoms with Crippen LogP contribution < -0.4 is 5.56 Å². The van der Waals surface area contributed by atoms with Crippen molar-refractivity contribution in [1.82, 2.24) is 24.2 Å². The Bertz CT molecular complexity index is 1040. The number of carbonyl (C=O) groups excluding carboxylic acids is 1. The summed E-state index contributed by atoms with van der Waals surface area (Å²) in [6, 6.07) is 5.97. The van der Waals surface area contributed by atoms with Gasteiger partial charge in [0.25, 0.3) is 5.56 Å². The van der Waals surface area contributed by atoms with Crippen molar-refractivity contribution in [2.24, 2.45) is 0 Å². The van der Waals surface area contributed by atoms with Crippen LogP contribution in [0.4, 0.5) is 4.39 Å². The monoisotopic (exact) mass is 369 g/mol. The van der Waals surface area contributed by atoms with E-state index in [1.54, 1.807) is 12.1 Å². The van der Waals surface area contributed by atoms with E-state index in [0.29, 0.717) is 16.7 Å². The van der Waals surface area contributed by atoms with E-state index >= 15 is 0 Å². The highest BCUT2D eigenvalue weighted by atomic mass is 19.1. The van der Waals surface area contributed by atoms with Crippen molar-refractivity contribution < 1.29 is 9.18 Å². The third kappa shape index (κ3) is 3.22. The summed E-state index contributed by atoms with van der Waals surface area (Å²) < 4.78 is 15.9. The Hall–Kier alpha value is -3.03. The van der Waals surface area contributed by atoms with Gasteiger partial charge in [-0.1, -0.05) is 0 Å². The first kappa shape index (κ1) is 17.4. The van der Waals surface area contributed by atoms with E-state index in [2.05, 4.69) is 10.1 Å². The number of benzene rings is 1. The summed E-state index contributed by atoms with van der Waals surface area (Å²) >= 11 is 0. The first-order valence-electron chi connectivity index (χ1n) is 9.03. The maximum absolute atomic E-state index is 13.1. The fraction of sp³-hybridized carbons (Fsp3) is 0.368. The fourth-order valence-electron chi connectivity index (χ4n) is 3.54. The molecule has 1 fully saturated rings. The maximum Gasteiger partial charge on any atom is 0.264 e. The lowest BCUT2D eigenvalue weighted by Gasteiger charge is -2.33. The van der Waals surface area contributed by atoms with Gasteiger partial charge < -0.3 is 4.90 Å². The highest BCUT2D eigenvalue weighted by molar-refractivity contribution is 5.78. The van der Waals surface area contributed by atoms with E-state index in [9.17, 15) is 14.0 Å². The van der Waals surface area contributed by atoms with Crippen molar-refractivity contribution in [3.63, 3.8) is 0 Å². The number of carbonyl (C=O) groups is 1. The minimum Gasteiger partial charge on any atom is -0.338 e. The van der Waals surface area contributed by atoms with Crippen LogP contribution in [0.25, 0.3) is 16.7 Å². The van der Waals surface area contributed by atoms with Crippen LogP contribution in [0.1, 0.15) is 26.2 Å². The zero-order valence-electron chi connectivity index (χ0n) is 15.0. The van der Waals surface area contributed by atoms with Crippen molar-refractivity contribution in [2.75, 3.05) is 6.54 Å². The molecule has 3 heterocycles. The largest absolute Gasteiger partial charge is 0.338 e. The van der Waals surface area contributed by atoms with Crippen molar-refractivity contribution in [3.8, 4) is 5.69 Å². The molecule has 2 aromatic heterocycles. The smallest absolute Gasteiger partial charge is 0.264 e. The average molecular weight is 369 g/mol. The maximum atomic E-state index is 13.1. The molecule has 0 aliphatic carbocycles. The van der Waals surface area contributed by atoms with Crippen molar-refractivity contribution >= 4 is 16.9 Å². The number of rotatable bonds is 3. The van der Waals surface area contributed by atoms with Crippen LogP contribution in [0.2, 0.25) is 0 Å². The molecule has 1 atom stereocenters. The van der Waals surface area contributed by atoms with Gasteiger partial charge in [0.2, 0.25) is 5.91 Å². The van der Waals surface area contributed by atoms with Crippen molar-refractivity contribution in [1.29, 1.82) is 0 Å². The number of nitrogens with zero attached hydrogens (tertiary/aromatic N) is 5. The van der Waals surface area contributed by atoms with Crippen LogP contribution in [-0.4, -0.2) is 42.7 Å². The van der Waals surface area contributed by atoms with Gasteiger partial charge in [-0.15, -0.1) is 0 Å².